The summed E-state index contributed by atoms with van der Waals surface area (Å²) in [5.74, 6) is -0.777. The highest BCUT2D eigenvalue weighted by Gasteiger charge is 2.53. The summed E-state index contributed by atoms with van der Waals surface area (Å²) in [5, 5.41) is 11.6. The molecule has 3 aromatic rings. The first-order valence-corrected chi connectivity index (χ1v) is 27.7. The number of carbonyl (C=O) groups excluding carboxylic acids is 2. The predicted molar refractivity (Wildman–Crippen MR) is 277 cm³/mol. The van der Waals surface area contributed by atoms with E-state index in [4.69, 9.17) is 37.9 Å². The number of carbonyl (C=O) groups is 2. The molecule has 0 spiro atoms. The minimum Gasteiger partial charge on any atom is -0.458 e. The first-order chi connectivity index (χ1) is 33.6. The van der Waals surface area contributed by atoms with Crippen LogP contribution in [0, 0.1) is 11.8 Å². The monoisotopic (exact) mass is 991 g/mol. The maximum Gasteiger partial charge on any atom is 0.413 e. The molecule has 8 bridgehead atoms. The molecule has 1 amide bonds. The fourth-order valence-corrected chi connectivity index (χ4v) is 16.4. The minimum atomic E-state index is -2.91. The molecule has 5 aliphatic rings. The smallest absolute Gasteiger partial charge is 0.413 e. The van der Waals surface area contributed by atoms with E-state index in [1.807, 2.05) is 72.2 Å². The molecule has 4 fully saturated rings. The minimum absolute atomic E-state index is 0.126. The summed E-state index contributed by atoms with van der Waals surface area (Å²) in [6.07, 6.45) is 13.1. The highest BCUT2D eigenvalue weighted by molar-refractivity contribution is 6.99. The third-order valence-corrected chi connectivity index (χ3v) is 20.0. The number of amides is 1. The van der Waals surface area contributed by atoms with Gasteiger partial charge in [-0.15, -0.1) is 5.10 Å². The normalized spacial score (nSPS) is 32.0. The summed E-state index contributed by atoms with van der Waals surface area (Å²) in [6.45, 7) is 27.1. The highest BCUT2D eigenvalue weighted by atomic mass is 28.4. The fourth-order valence-electron chi connectivity index (χ4n) is 11.6. The number of ether oxygens (including phenoxy) is 6. The van der Waals surface area contributed by atoms with Crippen molar-refractivity contribution < 1.29 is 42.4 Å². The van der Waals surface area contributed by atoms with Gasteiger partial charge in [-0.3, -0.25) is 4.90 Å². The van der Waals surface area contributed by atoms with Gasteiger partial charge in [-0.25, -0.2) is 14.3 Å². The molecule has 71 heavy (non-hydrogen) atoms. The Morgan fingerprint density at radius 3 is 2.20 bits per heavy atom. The van der Waals surface area contributed by atoms with Crippen LogP contribution < -0.4 is 10.4 Å². The maximum absolute atomic E-state index is 13.8. The van der Waals surface area contributed by atoms with Crippen molar-refractivity contribution in [2.75, 3.05) is 6.61 Å². The second-order valence-electron chi connectivity index (χ2n) is 23.1. The van der Waals surface area contributed by atoms with Crippen LogP contribution in [0.2, 0.25) is 5.04 Å². The quantitative estimate of drug-likeness (QED) is 0.133. The van der Waals surface area contributed by atoms with E-state index in [0.29, 0.717) is 45.1 Å². The molecule has 384 valence electrons. The van der Waals surface area contributed by atoms with E-state index in [2.05, 4.69) is 107 Å². The number of benzene rings is 2. The van der Waals surface area contributed by atoms with Gasteiger partial charge < -0.3 is 32.8 Å². The first-order valence-electron chi connectivity index (χ1n) is 25.8. The van der Waals surface area contributed by atoms with Gasteiger partial charge in [-0.05, 0) is 94.6 Å². The number of hydrogen-bond acceptors (Lipinski definition) is 11. The van der Waals surface area contributed by atoms with Gasteiger partial charge in [0.2, 0.25) is 0 Å². The molecular weight excluding hydrogens is 913 g/mol. The molecule has 0 saturated carbocycles. The Hall–Kier alpha value is -4.70. The van der Waals surface area contributed by atoms with Gasteiger partial charge in [-0.1, -0.05) is 131 Å². The number of rotatable bonds is 6. The van der Waals surface area contributed by atoms with Crippen molar-refractivity contribution in [2.45, 2.75) is 192 Å². The SMILES string of the molecule is C=C1C[C@@H]2C[C@@H]3C[C@@H](O[Si](c4ccccc4)(c4ccccc4)C(C)(C)C)C[C@@H](O3)c3cn(nn3)/C=C\C[C@H]3O[C@@H](/C(C)=C/[C@@H]4COC(C)(C)N4C(=O)OC(C)(C)C)[C@H](C)[C@@H](OC(=O)/C=C\C[C@@H](C1)O2)[C@H]3C. The third-order valence-electron chi connectivity index (χ3n) is 14.9. The van der Waals surface area contributed by atoms with Gasteiger partial charge in [0.15, 0.2) is 0 Å². The Morgan fingerprint density at radius 1 is 0.859 bits per heavy atom. The van der Waals surface area contributed by atoms with Gasteiger partial charge in [0.05, 0.1) is 55.5 Å². The van der Waals surface area contributed by atoms with Gasteiger partial charge in [0, 0.05) is 37.0 Å². The van der Waals surface area contributed by atoms with Gasteiger partial charge in [0.1, 0.15) is 29.2 Å². The molecule has 8 rings (SSSR count). The lowest BCUT2D eigenvalue weighted by molar-refractivity contribution is -0.180. The molecule has 2 aromatic carbocycles. The van der Waals surface area contributed by atoms with Crippen LogP contribution in [0.15, 0.2) is 109 Å². The van der Waals surface area contributed by atoms with E-state index < -0.39 is 50.0 Å². The zero-order chi connectivity index (χ0) is 50.9. The molecule has 13 nitrogen and oxygen atoms in total. The van der Waals surface area contributed by atoms with E-state index in [1.165, 1.54) is 10.4 Å². The number of fused-ring (bicyclic) bond motifs is 9. The summed E-state index contributed by atoms with van der Waals surface area (Å²) in [6, 6.07) is 21.2. The molecule has 4 saturated heterocycles. The van der Waals surface area contributed by atoms with Crippen LogP contribution in [-0.2, 0) is 37.6 Å². The van der Waals surface area contributed by atoms with Gasteiger partial charge >= 0.3 is 12.1 Å². The second kappa shape index (κ2) is 21.4. The molecule has 14 heteroatoms. The lowest BCUT2D eigenvalue weighted by Crippen LogP contribution is -2.68. The fraction of sp³-hybridized carbons (Fsp3) is 0.579. The summed E-state index contributed by atoms with van der Waals surface area (Å²) in [7, 11) is -2.91. The Bertz CT molecular complexity index is 2380. The van der Waals surface area contributed by atoms with Crippen molar-refractivity contribution in [3.8, 4) is 0 Å². The summed E-state index contributed by atoms with van der Waals surface area (Å²) in [4.78, 5) is 29.0. The first kappa shape index (κ1) is 52.6. The molecule has 5 aliphatic heterocycles. The maximum atomic E-state index is 13.8. The number of esters is 1. The highest BCUT2D eigenvalue weighted by Crippen LogP contribution is 2.43. The average Bonchev–Trinajstić information content (AvgIpc) is 3.89. The van der Waals surface area contributed by atoms with E-state index in [9.17, 15) is 9.59 Å². The molecule has 6 heterocycles. The van der Waals surface area contributed by atoms with Crippen LogP contribution in [-0.4, -0.2) is 107 Å². The van der Waals surface area contributed by atoms with E-state index in [-0.39, 0.29) is 53.5 Å². The van der Waals surface area contributed by atoms with Crippen LogP contribution in [0.3, 0.4) is 0 Å². The second-order valence-corrected chi connectivity index (χ2v) is 27.3. The van der Waals surface area contributed by atoms with E-state index in [1.54, 1.807) is 15.7 Å². The lowest BCUT2D eigenvalue weighted by Gasteiger charge is -2.47. The van der Waals surface area contributed by atoms with Gasteiger partial charge in [0.25, 0.3) is 8.32 Å². The van der Waals surface area contributed by atoms with E-state index in [0.717, 1.165) is 23.3 Å². The summed E-state index contributed by atoms with van der Waals surface area (Å²) >= 11 is 0. The molecule has 0 N–H and O–H groups in total. The molecule has 1 aromatic heterocycles. The van der Waals surface area contributed by atoms with Crippen LogP contribution in [0.25, 0.3) is 6.20 Å². The van der Waals surface area contributed by atoms with Crippen molar-refractivity contribution >= 4 is 37.0 Å². The van der Waals surface area contributed by atoms with Crippen molar-refractivity contribution in [1.82, 2.24) is 19.9 Å². The summed E-state index contributed by atoms with van der Waals surface area (Å²) in [5.41, 5.74) is 1.21. The zero-order valence-electron chi connectivity index (χ0n) is 43.9. The topological polar surface area (TPSA) is 133 Å². The lowest BCUT2D eigenvalue weighted by atomic mass is 9.79. The van der Waals surface area contributed by atoms with Crippen molar-refractivity contribution in [3.05, 3.63) is 115 Å². The van der Waals surface area contributed by atoms with Crippen molar-refractivity contribution in [1.29, 1.82) is 0 Å². The van der Waals surface area contributed by atoms with Crippen molar-refractivity contribution in [2.24, 2.45) is 11.8 Å². The Morgan fingerprint density at radius 2 is 1.54 bits per heavy atom. The van der Waals surface area contributed by atoms with Crippen LogP contribution in [0.1, 0.15) is 133 Å². The average molecular weight is 991 g/mol. The molecule has 0 unspecified atom stereocenters. The Balaban J connectivity index is 1.10. The number of nitrogens with zero attached hydrogens (tertiary/aromatic N) is 4. The molecule has 0 aliphatic carbocycles. The largest absolute Gasteiger partial charge is 0.458 e. The molecular formula is C57H78N4O9Si. The summed E-state index contributed by atoms with van der Waals surface area (Å²) < 4.78 is 48.7. The number of hydrogen-bond donors (Lipinski definition) is 0. The van der Waals surface area contributed by atoms with Crippen LogP contribution >= 0.6 is 0 Å². The molecule has 11 atom stereocenters. The zero-order valence-corrected chi connectivity index (χ0v) is 44.9. The van der Waals surface area contributed by atoms with Crippen LogP contribution in [0.5, 0.6) is 0 Å². The molecule has 0 radical (unpaired) electrons. The predicted octanol–water partition coefficient (Wildman–Crippen LogP) is 10.0. The van der Waals surface area contributed by atoms with Crippen LogP contribution in [0.4, 0.5) is 4.79 Å². The standard InChI is InChI=1S/C57H78N4O9Si/c1-37-29-42-21-19-27-51(62)68-53-39(3)49(67-52(40(53)4)38(2)31-41-36-64-57(11,12)61(41)54(63)69-55(5,6)7)26-20-28-60-35-48(58-59-60)50-34-45(33-44(66-50)32-43(30-37)65-42)70-71(56(8,9)10,46-22-15-13-16-23-46)47-24-17-14-18-25-47/h13-20,22-25,27-28,31,35,39-45,49-50,52-53H,1,21,26,29-30,32-34,36H2,2-12H3/b27-19-,28-20-,38-31+/t39-,40-,41+,42-,43+,44+,45+,49+,50+,52-,53-/m0/s1. The Kier molecular flexibility index (Phi) is 15.9. The third kappa shape index (κ3) is 12.1. The van der Waals surface area contributed by atoms with Crippen molar-refractivity contribution in [3.63, 3.8) is 0 Å². The van der Waals surface area contributed by atoms with Gasteiger partial charge in [-0.2, -0.15) is 0 Å². The Labute approximate surface area is 423 Å². The van der Waals surface area contributed by atoms with E-state index >= 15 is 0 Å². The number of aromatic nitrogens is 3.